The molecule has 0 aromatic rings. The van der Waals surface area contributed by atoms with Crippen molar-refractivity contribution in [3.63, 3.8) is 0 Å². The Morgan fingerprint density at radius 2 is 1.57 bits per heavy atom. The van der Waals surface area contributed by atoms with Gasteiger partial charge >= 0.3 is 6.18 Å². The summed E-state index contributed by atoms with van der Waals surface area (Å²) in [6.07, 6.45) is -3.53. The van der Waals surface area contributed by atoms with Crippen molar-refractivity contribution in [2.75, 3.05) is 7.11 Å². The summed E-state index contributed by atoms with van der Waals surface area (Å²) in [5.41, 5.74) is -3.89. The second-order valence-corrected chi connectivity index (χ2v) is 3.53. The number of methoxy groups -OCH3 is 1. The van der Waals surface area contributed by atoms with Crippen molar-refractivity contribution in [3.05, 3.63) is 12.8 Å². The summed E-state index contributed by atoms with van der Waals surface area (Å²) in [4.78, 5) is 0. The summed E-state index contributed by atoms with van der Waals surface area (Å²) in [5, 5.41) is 0. The molecule has 0 aliphatic heterocycles. The van der Waals surface area contributed by atoms with E-state index in [1.54, 1.807) is 0 Å². The van der Waals surface area contributed by atoms with Gasteiger partial charge in [0.05, 0.1) is 6.26 Å². The fraction of sp³-hybridized carbons (Fsp3) is 0.778. The number of ether oxygens (including phenoxy) is 2. The average Bonchev–Trinajstić information content (AvgIpc) is 2.00. The monoisotopic (exact) mass is 212 g/mol. The topological polar surface area (TPSA) is 18.5 Å². The normalized spacial score (nSPS) is 17.4. The van der Waals surface area contributed by atoms with E-state index in [9.17, 15) is 13.2 Å². The molecule has 5 heteroatoms. The molecular formula is C9H15F3O2. The van der Waals surface area contributed by atoms with Gasteiger partial charge in [-0.15, -0.1) is 0 Å². The second-order valence-electron chi connectivity index (χ2n) is 3.53. The van der Waals surface area contributed by atoms with Gasteiger partial charge in [0.25, 0.3) is 0 Å². The molecule has 0 bridgehead atoms. The molecule has 0 aliphatic rings. The van der Waals surface area contributed by atoms with Crippen LogP contribution in [0.15, 0.2) is 12.8 Å². The van der Waals surface area contributed by atoms with Gasteiger partial charge in [0.15, 0.2) is 5.60 Å². The zero-order valence-electron chi connectivity index (χ0n) is 8.73. The maximum absolute atomic E-state index is 12.7. The van der Waals surface area contributed by atoms with Crippen LogP contribution in [0, 0.1) is 0 Å². The van der Waals surface area contributed by atoms with E-state index >= 15 is 0 Å². The van der Waals surface area contributed by atoms with Gasteiger partial charge < -0.3 is 9.47 Å². The largest absolute Gasteiger partial charge is 0.493 e. The van der Waals surface area contributed by atoms with Gasteiger partial charge in [-0.05, 0) is 20.8 Å². The smallest absolute Gasteiger partial charge is 0.421 e. The zero-order valence-corrected chi connectivity index (χ0v) is 8.73. The minimum absolute atomic E-state index is 0.941. The highest BCUT2D eigenvalue weighted by Crippen LogP contribution is 2.42. The van der Waals surface area contributed by atoms with E-state index in [2.05, 4.69) is 11.3 Å². The van der Waals surface area contributed by atoms with Crippen LogP contribution in [-0.2, 0) is 9.47 Å². The van der Waals surface area contributed by atoms with Crippen LogP contribution in [0.4, 0.5) is 13.2 Å². The molecular weight excluding hydrogens is 197 g/mol. The molecule has 0 amide bonds. The number of hydrogen-bond donors (Lipinski definition) is 0. The van der Waals surface area contributed by atoms with Crippen LogP contribution in [0.25, 0.3) is 0 Å². The van der Waals surface area contributed by atoms with Crippen molar-refractivity contribution in [1.29, 1.82) is 0 Å². The molecule has 0 saturated carbocycles. The van der Waals surface area contributed by atoms with Crippen LogP contribution >= 0.6 is 0 Å². The van der Waals surface area contributed by atoms with Gasteiger partial charge in [-0.1, -0.05) is 6.58 Å². The van der Waals surface area contributed by atoms with E-state index in [0.29, 0.717) is 0 Å². The summed E-state index contributed by atoms with van der Waals surface area (Å²) in [6.45, 7) is 6.77. The number of hydrogen-bond acceptors (Lipinski definition) is 2. The standard InChI is InChI=1S/C9H15F3O2/c1-6-14-7(2,3)8(4,13-5)9(10,11)12/h6H,1H2,2-5H3. The van der Waals surface area contributed by atoms with Gasteiger partial charge in [0.2, 0.25) is 0 Å². The molecule has 1 atom stereocenters. The van der Waals surface area contributed by atoms with Gasteiger partial charge in [-0.2, -0.15) is 13.2 Å². The highest BCUT2D eigenvalue weighted by atomic mass is 19.4. The molecule has 1 unspecified atom stereocenters. The molecule has 0 rings (SSSR count). The molecule has 0 aliphatic carbocycles. The summed E-state index contributed by atoms with van der Waals surface area (Å²) in [6, 6.07) is 0. The Balaban J connectivity index is 5.13. The summed E-state index contributed by atoms with van der Waals surface area (Å²) < 4.78 is 47.4. The minimum Gasteiger partial charge on any atom is -0.493 e. The number of rotatable bonds is 4. The van der Waals surface area contributed by atoms with E-state index in [0.717, 1.165) is 20.3 Å². The quantitative estimate of drug-likeness (QED) is 0.667. The van der Waals surface area contributed by atoms with Crippen LogP contribution in [-0.4, -0.2) is 24.5 Å². The van der Waals surface area contributed by atoms with E-state index in [1.807, 2.05) is 0 Å². The maximum Gasteiger partial charge on any atom is 0.421 e. The maximum atomic E-state index is 12.7. The van der Waals surface area contributed by atoms with Crippen molar-refractivity contribution in [2.24, 2.45) is 0 Å². The molecule has 0 spiro atoms. The molecule has 0 aromatic carbocycles. The zero-order chi connectivity index (χ0) is 11.6. The van der Waals surface area contributed by atoms with Gasteiger partial charge in [-0.25, -0.2) is 0 Å². The van der Waals surface area contributed by atoms with E-state index in [1.165, 1.54) is 13.8 Å². The lowest BCUT2D eigenvalue weighted by Gasteiger charge is -2.42. The SMILES string of the molecule is C=COC(C)(C)C(C)(OC)C(F)(F)F. The summed E-state index contributed by atoms with van der Waals surface area (Å²) >= 11 is 0. The van der Waals surface area contributed by atoms with Crippen LogP contribution < -0.4 is 0 Å². The third-order valence-electron chi connectivity index (χ3n) is 2.48. The first-order valence-corrected chi connectivity index (χ1v) is 4.03. The van der Waals surface area contributed by atoms with Gasteiger partial charge in [0.1, 0.15) is 5.60 Å². The fourth-order valence-electron chi connectivity index (χ4n) is 1.02. The summed E-state index contributed by atoms with van der Waals surface area (Å²) in [7, 11) is 1.00. The van der Waals surface area contributed by atoms with Crippen molar-refractivity contribution in [2.45, 2.75) is 38.1 Å². The Morgan fingerprint density at radius 1 is 1.14 bits per heavy atom. The van der Waals surface area contributed by atoms with E-state index in [4.69, 9.17) is 4.74 Å². The third-order valence-corrected chi connectivity index (χ3v) is 2.48. The van der Waals surface area contributed by atoms with Gasteiger partial charge in [0, 0.05) is 7.11 Å². The number of halogens is 3. The Morgan fingerprint density at radius 3 is 1.79 bits per heavy atom. The van der Waals surface area contributed by atoms with E-state index in [-0.39, 0.29) is 0 Å². The molecule has 84 valence electrons. The summed E-state index contributed by atoms with van der Waals surface area (Å²) in [5.74, 6) is 0. The fourth-order valence-corrected chi connectivity index (χ4v) is 1.02. The van der Waals surface area contributed by atoms with Crippen molar-refractivity contribution in [3.8, 4) is 0 Å². The Labute approximate surface area is 81.7 Å². The van der Waals surface area contributed by atoms with Crippen LogP contribution in [0.3, 0.4) is 0 Å². The number of alkyl halides is 3. The Bertz CT molecular complexity index is 211. The molecule has 14 heavy (non-hydrogen) atoms. The molecule has 0 radical (unpaired) electrons. The highest BCUT2D eigenvalue weighted by Gasteiger charge is 2.62. The third kappa shape index (κ3) is 2.03. The molecule has 0 aromatic heterocycles. The van der Waals surface area contributed by atoms with Crippen molar-refractivity contribution in [1.82, 2.24) is 0 Å². The average molecular weight is 212 g/mol. The first-order chi connectivity index (χ1) is 6.12. The molecule has 0 saturated heterocycles. The Hall–Kier alpha value is -0.710. The van der Waals surface area contributed by atoms with E-state index < -0.39 is 17.4 Å². The molecule has 0 N–H and O–H groups in total. The lowest BCUT2D eigenvalue weighted by molar-refractivity contribution is -0.313. The second kappa shape index (κ2) is 3.81. The molecule has 0 fully saturated rings. The van der Waals surface area contributed by atoms with Gasteiger partial charge in [-0.3, -0.25) is 0 Å². The van der Waals surface area contributed by atoms with Crippen LogP contribution in [0.1, 0.15) is 20.8 Å². The van der Waals surface area contributed by atoms with Crippen LogP contribution in [0.5, 0.6) is 0 Å². The highest BCUT2D eigenvalue weighted by molar-refractivity contribution is 4.99. The Kier molecular flexibility index (Phi) is 3.61. The lowest BCUT2D eigenvalue weighted by atomic mass is 9.86. The van der Waals surface area contributed by atoms with Crippen molar-refractivity contribution < 1.29 is 22.6 Å². The van der Waals surface area contributed by atoms with Crippen LogP contribution in [0.2, 0.25) is 0 Å². The first kappa shape index (κ1) is 13.3. The minimum atomic E-state index is -4.51. The first-order valence-electron chi connectivity index (χ1n) is 4.03. The predicted octanol–water partition coefficient (Wildman–Crippen LogP) is 2.89. The van der Waals surface area contributed by atoms with Crippen molar-refractivity contribution >= 4 is 0 Å². The lowest BCUT2D eigenvalue weighted by Crippen LogP contribution is -2.60. The predicted molar refractivity (Wildman–Crippen MR) is 46.8 cm³/mol. The molecule has 0 heterocycles. The molecule has 2 nitrogen and oxygen atoms in total.